The van der Waals surface area contributed by atoms with Gasteiger partial charge in [0.1, 0.15) is 10.6 Å². The van der Waals surface area contributed by atoms with Crippen LogP contribution in [-0.4, -0.2) is 43.5 Å². The fourth-order valence-corrected chi connectivity index (χ4v) is 3.87. The Hall–Kier alpha value is -1.60. The third-order valence-electron chi connectivity index (χ3n) is 3.16. The third-order valence-corrected chi connectivity index (χ3v) is 5.15. The van der Waals surface area contributed by atoms with Gasteiger partial charge >= 0.3 is 5.97 Å². The molecule has 0 spiro atoms. The van der Waals surface area contributed by atoms with Gasteiger partial charge in [0.05, 0.1) is 13.5 Å². The topological polar surface area (TPSA) is 83.9 Å². The van der Waals surface area contributed by atoms with Crippen LogP contribution in [0.25, 0.3) is 0 Å². The van der Waals surface area contributed by atoms with Crippen LogP contribution in [0.15, 0.2) is 29.2 Å². The minimum atomic E-state index is -3.73. The van der Waals surface area contributed by atoms with Crippen molar-refractivity contribution in [2.45, 2.75) is 30.2 Å². The standard InChI is InChI=1S/C13H17NO5S/c1-19-11-4-2-3-5-12(11)20(17,18)14(10-6-7-10)9-8-13(15)16/h2-5,10H,6-9H2,1H3,(H,15,16). The number of carbonyl (C=O) groups is 1. The SMILES string of the molecule is COc1ccccc1S(=O)(=O)N(CCC(=O)O)C1CC1. The molecule has 110 valence electrons. The molecule has 0 amide bonds. The maximum absolute atomic E-state index is 12.7. The molecule has 7 heteroatoms. The molecule has 20 heavy (non-hydrogen) atoms. The maximum Gasteiger partial charge on any atom is 0.304 e. The van der Waals surface area contributed by atoms with Crippen molar-refractivity contribution in [2.24, 2.45) is 0 Å². The summed E-state index contributed by atoms with van der Waals surface area (Å²) < 4.78 is 31.7. The average molecular weight is 299 g/mol. The Morgan fingerprint density at radius 1 is 1.40 bits per heavy atom. The number of carboxylic acids is 1. The Bertz CT molecular complexity index is 595. The van der Waals surface area contributed by atoms with Crippen LogP contribution in [0.3, 0.4) is 0 Å². The van der Waals surface area contributed by atoms with Gasteiger partial charge in [-0.05, 0) is 25.0 Å². The summed E-state index contributed by atoms with van der Waals surface area (Å²) in [7, 11) is -2.32. The smallest absolute Gasteiger partial charge is 0.304 e. The van der Waals surface area contributed by atoms with Crippen molar-refractivity contribution in [3.05, 3.63) is 24.3 Å². The monoisotopic (exact) mass is 299 g/mol. The molecule has 0 heterocycles. The molecule has 0 radical (unpaired) electrons. The molecule has 1 saturated carbocycles. The zero-order chi connectivity index (χ0) is 14.8. The van der Waals surface area contributed by atoms with E-state index in [4.69, 9.17) is 9.84 Å². The number of ether oxygens (including phenoxy) is 1. The zero-order valence-corrected chi connectivity index (χ0v) is 12.0. The van der Waals surface area contributed by atoms with Crippen LogP contribution in [0.5, 0.6) is 5.75 Å². The molecule has 0 unspecified atom stereocenters. The van der Waals surface area contributed by atoms with E-state index in [1.54, 1.807) is 18.2 Å². The van der Waals surface area contributed by atoms with E-state index in [-0.39, 0.29) is 29.7 Å². The van der Waals surface area contributed by atoms with Crippen LogP contribution in [0.2, 0.25) is 0 Å². The van der Waals surface area contributed by atoms with E-state index < -0.39 is 16.0 Å². The van der Waals surface area contributed by atoms with Crippen molar-refractivity contribution in [3.63, 3.8) is 0 Å². The minimum absolute atomic E-state index is 0.0135. The highest BCUT2D eigenvalue weighted by Crippen LogP contribution is 2.34. The second-order valence-corrected chi connectivity index (χ2v) is 6.50. The lowest BCUT2D eigenvalue weighted by molar-refractivity contribution is -0.137. The molecule has 2 rings (SSSR count). The van der Waals surface area contributed by atoms with Gasteiger partial charge in [-0.25, -0.2) is 8.42 Å². The number of rotatable bonds is 7. The predicted molar refractivity (Wildman–Crippen MR) is 72.2 cm³/mol. The van der Waals surface area contributed by atoms with E-state index in [1.807, 2.05) is 0 Å². The minimum Gasteiger partial charge on any atom is -0.495 e. The number of methoxy groups -OCH3 is 1. The van der Waals surface area contributed by atoms with Gasteiger partial charge in [-0.15, -0.1) is 0 Å². The maximum atomic E-state index is 12.7. The van der Waals surface area contributed by atoms with Crippen LogP contribution < -0.4 is 4.74 Å². The van der Waals surface area contributed by atoms with Gasteiger partial charge in [-0.2, -0.15) is 4.31 Å². The molecule has 0 atom stereocenters. The van der Waals surface area contributed by atoms with Gasteiger partial charge < -0.3 is 9.84 Å². The Kier molecular flexibility index (Phi) is 4.29. The van der Waals surface area contributed by atoms with Crippen LogP contribution in [0.1, 0.15) is 19.3 Å². The molecule has 1 fully saturated rings. The number of carboxylic acid groups (broad SMARTS) is 1. The quantitative estimate of drug-likeness (QED) is 0.821. The number of hydrogen-bond donors (Lipinski definition) is 1. The lowest BCUT2D eigenvalue weighted by Crippen LogP contribution is -2.35. The van der Waals surface area contributed by atoms with E-state index in [0.717, 1.165) is 12.8 Å². The molecule has 0 aromatic heterocycles. The number of para-hydroxylation sites is 1. The largest absolute Gasteiger partial charge is 0.495 e. The first kappa shape index (κ1) is 14.8. The molecule has 0 aliphatic heterocycles. The van der Waals surface area contributed by atoms with Gasteiger partial charge in [-0.3, -0.25) is 4.79 Å². The molecule has 1 N–H and O–H groups in total. The lowest BCUT2D eigenvalue weighted by atomic mass is 10.3. The van der Waals surface area contributed by atoms with Gasteiger partial charge in [0, 0.05) is 12.6 Å². The Morgan fingerprint density at radius 3 is 2.60 bits per heavy atom. The van der Waals surface area contributed by atoms with Crippen molar-refractivity contribution in [1.82, 2.24) is 4.31 Å². The Morgan fingerprint density at radius 2 is 2.05 bits per heavy atom. The molecule has 6 nitrogen and oxygen atoms in total. The molecule has 1 aliphatic carbocycles. The van der Waals surface area contributed by atoms with Gasteiger partial charge in [0.2, 0.25) is 10.0 Å². The molecular formula is C13H17NO5S. The summed E-state index contributed by atoms with van der Waals surface area (Å²) in [5, 5.41) is 8.76. The molecule has 1 aromatic rings. The Labute approximate surface area is 118 Å². The Balaban J connectivity index is 2.32. The van der Waals surface area contributed by atoms with E-state index in [1.165, 1.54) is 17.5 Å². The van der Waals surface area contributed by atoms with Crippen LogP contribution >= 0.6 is 0 Å². The van der Waals surface area contributed by atoms with E-state index >= 15 is 0 Å². The second kappa shape index (κ2) is 5.80. The van der Waals surface area contributed by atoms with E-state index in [0.29, 0.717) is 0 Å². The fourth-order valence-electron chi connectivity index (χ4n) is 2.03. The zero-order valence-electron chi connectivity index (χ0n) is 11.2. The fraction of sp³-hybridized carbons (Fsp3) is 0.462. The summed E-state index contributed by atoms with van der Waals surface area (Å²) in [6, 6.07) is 6.28. The van der Waals surface area contributed by atoms with Crippen molar-refractivity contribution >= 4 is 16.0 Å². The predicted octanol–water partition coefficient (Wildman–Crippen LogP) is 1.32. The van der Waals surface area contributed by atoms with Crippen LogP contribution in [0.4, 0.5) is 0 Å². The average Bonchev–Trinajstić information content (AvgIpc) is 3.23. The summed E-state index contributed by atoms with van der Waals surface area (Å²) in [4.78, 5) is 10.8. The number of aliphatic carboxylic acids is 1. The highest BCUT2D eigenvalue weighted by atomic mass is 32.2. The first-order valence-corrected chi connectivity index (χ1v) is 7.77. The van der Waals surface area contributed by atoms with Crippen molar-refractivity contribution in [1.29, 1.82) is 0 Å². The lowest BCUT2D eigenvalue weighted by Gasteiger charge is -2.22. The van der Waals surface area contributed by atoms with Gasteiger partial charge in [-0.1, -0.05) is 12.1 Å². The van der Waals surface area contributed by atoms with E-state index in [9.17, 15) is 13.2 Å². The molecular weight excluding hydrogens is 282 g/mol. The van der Waals surface area contributed by atoms with E-state index in [2.05, 4.69) is 0 Å². The van der Waals surface area contributed by atoms with Crippen molar-refractivity contribution in [2.75, 3.05) is 13.7 Å². The third kappa shape index (κ3) is 3.10. The molecule has 1 aliphatic rings. The van der Waals surface area contributed by atoms with Crippen molar-refractivity contribution < 1.29 is 23.1 Å². The summed E-state index contributed by atoms with van der Waals surface area (Å²) in [5.41, 5.74) is 0. The van der Waals surface area contributed by atoms with Crippen LogP contribution in [-0.2, 0) is 14.8 Å². The number of benzene rings is 1. The first-order valence-electron chi connectivity index (χ1n) is 6.33. The summed E-state index contributed by atoms with van der Waals surface area (Å²) in [6.45, 7) is -0.0135. The molecule has 0 saturated heterocycles. The second-order valence-electron chi connectivity index (χ2n) is 4.64. The summed E-state index contributed by atoms with van der Waals surface area (Å²) >= 11 is 0. The normalized spacial score (nSPS) is 15.3. The van der Waals surface area contributed by atoms with Crippen molar-refractivity contribution in [3.8, 4) is 5.75 Å². The number of sulfonamides is 1. The highest BCUT2D eigenvalue weighted by Gasteiger charge is 2.39. The molecule has 1 aromatic carbocycles. The number of hydrogen-bond acceptors (Lipinski definition) is 4. The van der Waals surface area contributed by atoms with Gasteiger partial charge in [0.15, 0.2) is 0 Å². The highest BCUT2D eigenvalue weighted by molar-refractivity contribution is 7.89. The number of nitrogens with zero attached hydrogens (tertiary/aromatic N) is 1. The summed E-state index contributed by atoms with van der Waals surface area (Å²) in [6.07, 6.45) is 1.34. The first-order chi connectivity index (χ1) is 9.46. The van der Waals surface area contributed by atoms with Gasteiger partial charge in [0.25, 0.3) is 0 Å². The van der Waals surface area contributed by atoms with Crippen LogP contribution in [0, 0.1) is 0 Å². The summed E-state index contributed by atoms with van der Waals surface area (Å²) in [5.74, 6) is -0.737. The molecule has 0 bridgehead atoms.